The molecule has 3 aromatic carbocycles. The number of halogens is 2. The summed E-state index contributed by atoms with van der Waals surface area (Å²) in [7, 11) is -4.22. The Balaban J connectivity index is 1.91. The van der Waals surface area contributed by atoms with Crippen molar-refractivity contribution in [1.82, 2.24) is 5.32 Å². The third-order valence-corrected chi connectivity index (χ3v) is 6.84. The van der Waals surface area contributed by atoms with Gasteiger partial charge in [-0.25, -0.2) is 17.2 Å². The zero-order valence-corrected chi connectivity index (χ0v) is 19.2. The number of nitrogens with one attached hydrogen (secondary N) is 1. The zero-order chi connectivity index (χ0) is 24.0. The van der Waals surface area contributed by atoms with Crippen LogP contribution >= 0.6 is 0 Å². The van der Waals surface area contributed by atoms with Crippen LogP contribution in [0.4, 0.5) is 14.5 Å². The van der Waals surface area contributed by atoms with Gasteiger partial charge in [0.25, 0.3) is 10.0 Å². The van der Waals surface area contributed by atoms with E-state index in [-0.39, 0.29) is 22.5 Å². The summed E-state index contributed by atoms with van der Waals surface area (Å²) in [5.41, 5.74) is 1.03. The van der Waals surface area contributed by atoms with E-state index in [4.69, 9.17) is 0 Å². The predicted octanol–water partition coefficient (Wildman–Crippen LogP) is 5.06. The van der Waals surface area contributed by atoms with E-state index < -0.39 is 34.1 Å². The standard InChI is InChI=1S/C25H26F2N2O3S/c1-18(2)16-24(19-6-4-3-5-7-19)28-25(30)17-29(22-12-8-20(26)9-13-22)33(31,32)23-14-10-21(27)11-15-23/h3-15,18,24H,16-17H2,1-2H3,(H,28,30). The quantitative estimate of drug-likeness (QED) is 0.473. The second-order valence-electron chi connectivity index (χ2n) is 8.10. The molecule has 0 aliphatic rings. The van der Waals surface area contributed by atoms with Crippen molar-refractivity contribution in [2.45, 2.75) is 31.2 Å². The fourth-order valence-electron chi connectivity index (χ4n) is 3.46. The van der Waals surface area contributed by atoms with E-state index in [1.807, 2.05) is 44.2 Å². The van der Waals surface area contributed by atoms with E-state index in [1.54, 1.807) is 0 Å². The number of carbonyl (C=O) groups excluding carboxylic acids is 1. The highest BCUT2D eigenvalue weighted by atomic mass is 32.2. The maximum absolute atomic E-state index is 13.5. The van der Waals surface area contributed by atoms with Gasteiger partial charge in [-0.05, 0) is 66.4 Å². The molecule has 0 spiro atoms. The molecule has 8 heteroatoms. The van der Waals surface area contributed by atoms with Crippen LogP contribution in [0.5, 0.6) is 0 Å². The first kappa shape index (κ1) is 24.4. The lowest BCUT2D eigenvalue weighted by atomic mass is 9.97. The van der Waals surface area contributed by atoms with Crippen molar-refractivity contribution < 1.29 is 22.0 Å². The van der Waals surface area contributed by atoms with Crippen molar-refractivity contribution in [2.24, 2.45) is 5.92 Å². The Labute approximate surface area is 193 Å². The minimum Gasteiger partial charge on any atom is -0.348 e. The number of nitrogens with zero attached hydrogens (tertiary/aromatic N) is 1. The Bertz CT molecular complexity index is 1170. The summed E-state index contributed by atoms with van der Waals surface area (Å²) in [4.78, 5) is 12.9. The average molecular weight is 473 g/mol. The Kier molecular flexibility index (Phi) is 7.81. The monoisotopic (exact) mass is 472 g/mol. The number of benzene rings is 3. The molecule has 0 heterocycles. The highest BCUT2D eigenvalue weighted by Crippen LogP contribution is 2.25. The van der Waals surface area contributed by atoms with E-state index >= 15 is 0 Å². The van der Waals surface area contributed by atoms with Crippen LogP contribution in [0, 0.1) is 17.6 Å². The van der Waals surface area contributed by atoms with Crippen LogP contribution in [0.2, 0.25) is 0 Å². The third-order valence-electron chi connectivity index (χ3n) is 5.05. The van der Waals surface area contributed by atoms with Crippen molar-refractivity contribution in [3.63, 3.8) is 0 Å². The highest BCUT2D eigenvalue weighted by Gasteiger charge is 2.28. The number of amides is 1. The normalized spacial score (nSPS) is 12.4. The molecule has 0 saturated heterocycles. The molecule has 0 saturated carbocycles. The topological polar surface area (TPSA) is 66.5 Å². The molecule has 0 aliphatic heterocycles. The van der Waals surface area contributed by atoms with Gasteiger partial charge < -0.3 is 5.32 Å². The number of hydrogen-bond acceptors (Lipinski definition) is 3. The lowest BCUT2D eigenvalue weighted by molar-refractivity contribution is -0.120. The van der Waals surface area contributed by atoms with Crippen LogP contribution in [0.15, 0.2) is 83.8 Å². The molecule has 1 N–H and O–H groups in total. The molecule has 1 amide bonds. The third kappa shape index (κ3) is 6.38. The van der Waals surface area contributed by atoms with E-state index in [0.717, 1.165) is 46.3 Å². The smallest absolute Gasteiger partial charge is 0.264 e. The molecule has 5 nitrogen and oxygen atoms in total. The summed E-state index contributed by atoms with van der Waals surface area (Å²) in [6.07, 6.45) is 0.664. The van der Waals surface area contributed by atoms with E-state index in [2.05, 4.69) is 5.32 Å². The molecular weight excluding hydrogens is 446 g/mol. The molecule has 0 aromatic heterocycles. The summed E-state index contributed by atoms with van der Waals surface area (Å²) < 4.78 is 54.4. The van der Waals surface area contributed by atoms with Gasteiger partial charge in [-0.2, -0.15) is 0 Å². The first-order valence-electron chi connectivity index (χ1n) is 10.5. The number of carbonyl (C=O) groups is 1. The number of hydrogen-bond donors (Lipinski definition) is 1. The summed E-state index contributed by atoms with van der Waals surface area (Å²) in [6, 6.07) is 18.3. The van der Waals surface area contributed by atoms with Gasteiger partial charge in [-0.15, -0.1) is 0 Å². The number of rotatable bonds is 9. The van der Waals surface area contributed by atoms with Crippen LogP contribution in [0.3, 0.4) is 0 Å². The Morgan fingerprint density at radius 2 is 1.42 bits per heavy atom. The van der Waals surface area contributed by atoms with E-state index in [0.29, 0.717) is 6.42 Å². The maximum Gasteiger partial charge on any atom is 0.264 e. The molecular formula is C25H26F2N2O3S. The zero-order valence-electron chi connectivity index (χ0n) is 18.4. The maximum atomic E-state index is 13.5. The van der Waals surface area contributed by atoms with Crippen molar-refractivity contribution in [3.8, 4) is 0 Å². The second-order valence-corrected chi connectivity index (χ2v) is 9.96. The molecule has 33 heavy (non-hydrogen) atoms. The number of sulfonamides is 1. The lowest BCUT2D eigenvalue weighted by Crippen LogP contribution is -2.42. The van der Waals surface area contributed by atoms with E-state index in [1.165, 1.54) is 12.1 Å². The van der Waals surface area contributed by atoms with Gasteiger partial charge in [0, 0.05) is 0 Å². The van der Waals surface area contributed by atoms with Gasteiger partial charge in [0.2, 0.25) is 5.91 Å². The molecule has 1 atom stereocenters. The number of anilines is 1. The van der Waals surface area contributed by atoms with Crippen molar-refractivity contribution in [1.29, 1.82) is 0 Å². The van der Waals surface area contributed by atoms with Gasteiger partial charge in [-0.3, -0.25) is 9.10 Å². The van der Waals surface area contributed by atoms with Crippen LogP contribution in [-0.4, -0.2) is 20.9 Å². The molecule has 174 valence electrons. The molecule has 3 rings (SSSR count). The molecule has 0 bridgehead atoms. The summed E-state index contributed by atoms with van der Waals surface area (Å²) in [6.45, 7) is 3.55. The fourth-order valence-corrected chi connectivity index (χ4v) is 4.88. The minimum atomic E-state index is -4.22. The summed E-state index contributed by atoms with van der Waals surface area (Å²) >= 11 is 0. The van der Waals surface area contributed by atoms with Gasteiger partial charge in [-0.1, -0.05) is 44.2 Å². The second kappa shape index (κ2) is 10.6. The molecule has 0 fully saturated rings. The molecule has 0 radical (unpaired) electrons. The Hall–Kier alpha value is -3.26. The Morgan fingerprint density at radius 1 is 0.879 bits per heavy atom. The van der Waals surface area contributed by atoms with Crippen molar-refractivity contribution in [2.75, 3.05) is 10.8 Å². The summed E-state index contributed by atoms with van der Waals surface area (Å²) in [5, 5.41) is 2.93. The highest BCUT2D eigenvalue weighted by molar-refractivity contribution is 7.92. The first-order chi connectivity index (χ1) is 15.7. The van der Waals surface area contributed by atoms with Gasteiger partial charge in [0.05, 0.1) is 16.6 Å². The van der Waals surface area contributed by atoms with Crippen LogP contribution < -0.4 is 9.62 Å². The molecule has 1 unspecified atom stereocenters. The van der Waals surface area contributed by atoms with Gasteiger partial charge in [0.1, 0.15) is 18.2 Å². The fraction of sp³-hybridized carbons (Fsp3) is 0.240. The lowest BCUT2D eigenvalue weighted by Gasteiger charge is -2.26. The SMILES string of the molecule is CC(C)CC(NC(=O)CN(c1ccc(F)cc1)S(=O)(=O)c1ccc(F)cc1)c1ccccc1. The van der Waals surface area contributed by atoms with Gasteiger partial charge in [0.15, 0.2) is 0 Å². The average Bonchev–Trinajstić information content (AvgIpc) is 2.78. The summed E-state index contributed by atoms with van der Waals surface area (Å²) in [5.74, 6) is -1.35. The van der Waals surface area contributed by atoms with Crippen LogP contribution in [0.25, 0.3) is 0 Å². The molecule has 0 aliphatic carbocycles. The largest absolute Gasteiger partial charge is 0.348 e. The van der Waals surface area contributed by atoms with Crippen LogP contribution in [-0.2, 0) is 14.8 Å². The van der Waals surface area contributed by atoms with E-state index in [9.17, 15) is 22.0 Å². The predicted molar refractivity (Wildman–Crippen MR) is 124 cm³/mol. The molecule has 3 aromatic rings. The van der Waals surface area contributed by atoms with Gasteiger partial charge >= 0.3 is 0 Å². The van der Waals surface area contributed by atoms with Crippen molar-refractivity contribution >= 4 is 21.6 Å². The Morgan fingerprint density at radius 3 is 1.97 bits per heavy atom. The first-order valence-corrected chi connectivity index (χ1v) is 12.0. The van der Waals surface area contributed by atoms with Crippen molar-refractivity contribution in [3.05, 3.63) is 96.1 Å². The van der Waals surface area contributed by atoms with Crippen LogP contribution in [0.1, 0.15) is 31.9 Å². The minimum absolute atomic E-state index is 0.121.